The Morgan fingerprint density at radius 1 is 1.13 bits per heavy atom. The Bertz CT molecular complexity index is 532. The maximum atomic E-state index is 12.8. The molecule has 0 radical (unpaired) electrons. The summed E-state index contributed by atoms with van der Waals surface area (Å²) in [6.07, 6.45) is 0.0649. The first-order valence-corrected chi connectivity index (χ1v) is 8.61. The highest BCUT2D eigenvalue weighted by atomic mass is 16.5. The molecule has 23 heavy (non-hydrogen) atoms. The van der Waals surface area contributed by atoms with E-state index in [0.717, 1.165) is 31.7 Å². The highest BCUT2D eigenvalue weighted by Gasteiger charge is 2.21. The molecule has 1 saturated heterocycles. The van der Waals surface area contributed by atoms with Crippen molar-refractivity contribution in [3.63, 3.8) is 0 Å². The van der Waals surface area contributed by atoms with Crippen molar-refractivity contribution in [1.82, 2.24) is 9.80 Å². The molecule has 4 heteroatoms. The van der Waals surface area contributed by atoms with Gasteiger partial charge in [-0.2, -0.15) is 0 Å². The summed E-state index contributed by atoms with van der Waals surface area (Å²) in [7, 11) is 2.12. The lowest BCUT2D eigenvalue weighted by Gasteiger charge is -2.32. The van der Waals surface area contributed by atoms with Gasteiger partial charge >= 0.3 is 0 Å². The Balaban J connectivity index is 2.17. The van der Waals surface area contributed by atoms with Crippen LogP contribution in [0, 0.1) is 0 Å². The number of likely N-dealkylation sites (N-methyl/N-ethyl adjacent to an activating group) is 1. The minimum Gasteiger partial charge on any atom is -0.490 e. The largest absolute Gasteiger partial charge is 0.490 e. The Morgan fingerprint density at radius 2 is 1.78 bits per heavy atom. The maximum absolute atomic E-state index is 12.8. The van der Waals surface area contributed by atoms with Crippen LogP contribution in [0.25, 0.3) is 0 Å². The van der Waals surface area contributed by atoms with E-state index in [2.05, 4.69) is 36.8 Å². The summed E-state index contributed by atoms with van der Waals surface area (Å²) < 4.78 is 5.86. The molecule has 0 saturated carbocycles. The van der Waals surface area contributed by atoms with Crippen molar-refractivity contribution in [2.45, 2.75) is 39.7 Å². The van der Waals surface area contributed by atoms with Gasteiger partial charge in [0.1, 0.15) is 5.75 Å². The molecule has 1 fully saturated rings. The van der Waals surface area contributed by atoms with Crippen LogP contribution < -0.4 is 4.74 Å². The molecule has 0 unspecified atom stereocenters. The second-order valence-corrected chi connectivity index (χ2v) is 7.08. The van der Waals surface area contributed by atoms with Crippen LogP contribution >= 0.6 is 0 Å². The predicted octanol–water partition coefficient (Wildman–Crippen LogP) is 3.03. The summed E-state index contributed by atoms with van der Waals surface area (Å²) in [5.74, 6) is 1.27. The van der Waals surface area contributed by atoms with Gasteiger partial charge in [0.05, 0.1) is 18.2 Å². The van der Waals surface area contributed by atoms with Crippen molar-refractivity contribution >= 4 is 5.78 Å². The first-order chi connectivity index (χ1) is 10.9. The number of carbonyl (C=O) groups excluding carboxylic acids is 1. The summed E-state index contributed by atoms with van der Waals surface area (Å²) in [5.41, 5.74) is 1.91. The van der Waals surface area contributed by atoms with Gasteiger partial charge in [-0.3, -0.25) is 9.69 Å². The van der Waals surface area contributed by atoms with E-state index in [1.807, 2.05) is 26.0 Å². The van der Waals surface area contributed by atoms with Crippen LogP contribution in [0.3, 0.4) is 0 Å². The molecule has 128 valence electrons. The smallest absolute Gasteiger partial charge is 0.180 e. The van der Waals surface area contributed by atoms with Crippen LogP contribution in [0.15, 0.2) is 18.2 Å². The van der Waals surface area contributed by atoms with Crippen molar-refractivity contribution < 1.29 is 9.53 Å². The van der Waals surface area contributed by atoms with Gasteiger partial charge < -0.3 is 9.64 Å². The number of hydrogen-bond donors (Lipinski definition) is 0. The number of rotatable bonds is 6. The fourth-order valence-electron chi connectivity index (χ4n) is 2.78. The lowest BCUT2D eigenvalue weighted by Crippen LogP contribution is -2.46. The molecular formula is C19H30N2O2. The summed E-state index contributed by atoms with van der Waals surface area (Å²) in [6, 6.07) is 6.03. The molecule has 0 atom stereocenters. The molecule has 2 rings (SSSR count). The monoisotopic (exact) mass is 318 g/mol. The van der Waals surface area contributed by atoms with Crippen LogP contribution in [-0.4, -0.2) is 61.5 Å². The third kappa shape index (κ3) is 5.05. The molecule has 1 aliphatic rings. The van der Waals surface area contributed by atoms with Crippen LogP contribution in [0.4, 0.5) is 0 Å². The van der Waals surface area contributed by atoms with Gasteiger partial charge in [-0.1, -0.05) is 19.9 Å². The minimum atomic E-state index is 0.0649. The number of nitrogens with zero attached hydrogens (tertiary/aromatic N) is 2. The van der Waals surface area contributed by atoms with E-state index in [1.165, 1.54) is 5.56 Å². The molecular weight excluding hydrogens is 288 g/mol. The molecule has 0 aromatic heterocycles. The quantitative estimate of drug-likeness (QED) is 0.755. The second-order valence-electron chi connectivity index (χ2n) is 7.08. The zero-order valence-corrected chi connectivity index (χ0v) is 15.1. The zero-order valence-electron chi connectivity index (χ0n) is 15.1. The molecule has 0 amide bonds. The summed E-state index contributed by atoms with van der Waals surface area (Å²) >= 11 is 0. The maximum Gasteiger partial charge on any atom is 0.180 e. The molecule has 0 spiro atoms. The average Bonchev–Trinajstić information content (AvgIpc) is 2.49. The van der Waals surface area contributed by atoms with E-state index < -0.39 is 0 Å². The highest BCUT2D eigenvalue weighted by Crippen LogP contribution is 2.26. The first kappa shape index (κ1) is 18.0. The van der Waals surface area contributed by atoms with Crippen molar-refractivity contribution in [2.75, 3.05) is 39.8 Å². The van der Waals surface area contributed by atoms with Crippen molar-refractivity contribution in [3.8, 4) is 5.75 Å². The number of piperazine rings is 1. The number of Topliss-reactive ketones (excluding diaryl/α,β-unsaturated/α-hetero) is 1. The molecule has 1 aromatic carbocycles. The third-order valence-electron chi connectivity index (χ3n) is 4.30. The molecule has 0 aliphatic carbocycles. The molecule has 0 bridgehead atoms. The lowest BCUT2D eigenvalue weighted by atomic mass is 9.98. The average molecular weight is 318 g/mol. The van der Waals surface area contributed by atoms with E-state index in [0.29, 0.717) is 18.2 Å². The molecule has 1 heterocycles. The van der Waals surface area contributed by atoms with Crippen LogP contribution in [0.1, 0.15) is 49.5 Å². The topological polar surface area (TPSA) is 32.8 Å². The van der Waals surface area contributed by atoms with Gasteiger partial charge in [0.25, 0.3) is 0 Å². The van der Waals surface area contributed by atoms with E-state index in [1.54, 1.807) is 0 Å². The Kier molecular flexibility index (Phi) is 6.19. The third-order valence-corrected chi connectivity index (χ3v) is 4.30. The second kappa shape index (κ2) is 7.93. The fourth-order valence-corrected chi connectivity index (χ4v) is 2.78. The van der Waals surface area contributed by atoms with Gasteiger partial charge in [0, 0.05) is 26.2 Å². The number of carbonyl (C=O) groups is 1. The standard InChI is InChI=1S/C19H30N2O2/c1-14(2)16-6-7-19(23-15(3)4)17(12-16)18(22)13-21-10-8-20(5)9-11-21/h6-7,12,14-15H,8-11,13H2,1-5H3. The number of ether oxygens (including phenoxy) is 1. The highest BCUT2D eigenvalue weighted by molar-refractivity contribution is 6.00. The normalized spacial score (nSPS) is 17.0. The Morgan fingerprint density at radius 3 is 2.35 bits per heavy atom. The molecule has 0 N–H and O–H groups in total. The number of ketones is 1. The van der Waals surface area contributed by atoms with Gasteiger partial charge in [-0.15, -0.1) is 0 Å². The zero-order chi connectivity index (χ0) is 17.0. The fraction of sp³-hybridized carbons (Fsp3) is 0.632. The van der Waals surface area contributed by atoms with Crippen LogP contribution in [0.5, 0.6) is 5.75 Å². The Labute approximate surface area is 140 Å². The van der Waals surface area contributed by atoms with E-state index in [-0.39, 0.29) is 11.9 Å². The van der Waals surface area contributed by atoms with Crippen molar-refractivity contribution in [1.29, 1.82) is 0 Å². The van der Waals surface area contributed by atoms with Gasteiger partial charge in [0.15, 0.2) is 5.78 Å². The lowest BCUT2D eigenvalue weighted by molar-refractivity contribution is 0.0871. The minimum absolute atomic E-state index is 0.0649. The number of hydrogen-bond acceptors (Lipinski definition) is 4. The van der Waals surface area contributed by atoms with Crippen LogP contribution in [-0.2, 0) is 0 Å². The molecule has 1 aromatic rings. The van der Waals surface area contributed by atoms with Crippen molar-refractivity contribution in [2.24, 2.45) is 0 Å². The summed E-state index contributed by atoms with van der Waals surface area (Å²) in [6.45, 7) is 12.7. The van der Waals surface area contributed by atoms with Crippen molar-refractivity contribution in [3.05, 3.63) is 29.3 Å². The van der Waals surface area contributed by atoms with E-state index >= 15 is 0 Å². The Hall–Kier alpha value is -1.39. The first-order valence-electron chi connectivity index (χ1n) is 8.61. The summed E-state index contributed by atoms with van der Waals surface area (Å²) in [5, 5.41) is 0. The molecule has 4 nitrogen and oxygen atoms in total. The van der Waals surface area contributed by atoms with Gasteiger partial charge in [-0.05, 0) is 44.5 Å². The van der Waals surface area contributed by atoms with E-state index in [4.69, 9.17) is 4.74 Å². The van der Waals surface area contributed by atoms with Gasteiger partial charge in [0.2, 0.25) is 0 Å². The number of benzene rings is 1. The summed E-state index contributed by atoms with van der Waals surface area (Å²) in [4.78, 5) is 17.4. The molecule has 1 aliphatic heterocycles. The van der Waals surface area contributed by atoms with Crippen LogP contribution in [0.2, 0.25) is 0 Å². The predicted molar refractivity (Wildman–Crippen MR) is 94.6 cm³/mol. The SMILES string of the molecule is CC(C)Oc1ccc(C(C)C)cc1C(=O)CN1CCN(C)CC1. The van der Waals surface area contributed by atoms with Gasteiger partial charge in [-0.25, -0.2) is 0 Å². The van der Waals surface area contributed by atoms with E-state index in [9.17, 15) is 4.79 Å².